The molecule has 0 amide bonds. The number of esters is 1. The number of carbonyl (C=O) groups is 1. The fraction of sp³-hybridized carbons (Fsp3) is 0.350. The predicted molar refractivity (Wildman–Crippen MR) is 92.3 cm³/mol. The molecular formula is C20H22FNO2. The van der Waals surface area contributed by atoms with Crippen LogP contribution < -0.4 is 5.32 Å². The molecule has 0 radical (unpaired) electrons. The van der Waals surface area contributed by atoms with Crippen LogP contribution in [-0.2, 0) is 11.3 Å². The first-order valence-electron chi connectivity index (χ1n) is 8.38. The van der Waals surface area contributed by atoms with Gasteiger partial charge in [0.25, 0.3) is 0 Å². The molecule has 1 N–H and O–H groups in total. The Kier molecular flexibility index (Phi) is 5.26. The lowest BCUT2D eigenvalue weighted by Gasteiger charge is -2.12. The van der Waals surface area contributed by atoms with Gasteiger partial charge in [0.05, 0.1) is 12.7 Å². The second-order valence-corrected chi connectivity index (χ2v) is 6.25. The molecule has 0 saturated heterocycles. The molecule has 1 aliphatic carbocycles. The zero-order valence-electron chi connectivity index (χ0n) is 13.8. The molecule has 0 unspecified atom stereocenters. The number of rotatable bonds is 5. The highest BCUT2D eigenvalue weighted by atomic mass is 19.1. The van der Waals surface area contributed by atoms with E-state index in [4.69, 9.17) is 0 Å². The topological polar surface area (TPSA) is 38.3 Å². The lowest BCUT2D eigenvalue weighted by Crippen LogP contribution is -2.25. The van der Waals surface area contributed by atoms with Gasteiger partial charge in [0.2, 0.25) is 0 Å². The Labute approximate surface area is 141 Å². The number of hydrogen-bond acceptors (Lipinski definition) is 3. The van der Waals surface area contributed by atoms with Crippen molar-refractivity contribution in [2.24, 2.45) is 0 Å². The standard InChI is InChI=1S/C20H22FNO2/c1-24-20(23)18-11-10-16(12-19(18)21)15-8-6-14(7-9-15)13-22-17-4-2-3-5-17/h6-12,17,22H,2-5,13H2,1H3. The summed E-state index contributed by atoms with van der Waals surface area (Å²) in [5, 5.41) is 3.58. The van der Waals surface area contributed by atoms with Crippen LogP contribution in [-0.4, -0.2) is 19.1 Å². The molecule has 0 heterocycles. The van der Waals surface area contributed by atoms with Crippen molar-refractivity contribution in [3.8, 4) is 11.1 Å². The second kappa shape index (κ2) is 7.58. The third kappa shape index (κ3) is 3.82. The van der Waals surface area contributed by atoms with E-state index in [1.165, 1.54) is 50.5 Å². The molecule has 2 aromatic rings. The fourth-order valence-electron chi connectivity index (χ4n) is 3.18. The number of methoxy groups -OCH3 is 1. The molecule has 0 aromatic heterocycles. The van der Waals surface area contributed by atoms with Crippen molar-refractivity contribution in [2.75, 3.05) is 7.11 Å². The van der Waals surface area contributed by atoms with Gasteiger partial charge in [-0.25, -0.2) is 9.18 Å². The molecular weight excluding hydrogens is 305 g/mol. The third-order valence-corrected chi connectivity index (χ3v) is 4.61. The van der Waals surface area contributed by atoms with Gasteiger partial charge in [-0.3, -0.25) is 0 Å². The molecule has 3 rings (SSSR count). The molecule has 1 fully saturated rings. The number of benzene rings is 2. The smallest absolute Gasteiger partial charge is 0.340 e. The summed E-state index contributed by atoms with van der Waals surface area (Å²) in [6.45, 7) is 0.862. The lowest BCUT2D eigenvalue weighted by atomic mass is 10.0. The van der Waals surface area contributed by atoms with Gasteiger partial charge in [0.1, 0.15) is 5.82 Å². The largest absolute Gasteiger partial charge is 0.465 e. The van der Waals surface area contributed by atoms with E-state index in [0.717, 1.165) is 17.7 Å². The van der Waals surface area contributed by atoms with Crippen LogP contribution in [0.1, 0.15) is 41.6 Å². The van der Waals surface area contributed by atoms with Crippen LogP contribution in [0, 0.1) is 5.82 Å². The molecule has 0 aliphatic heterocycles. The van der Waals surface area contributed by atoms with Gasteiger partial charge in [0.15, 0.2) is 0 Å². The van der Waals surface area contributed by atoms with E-state index in [2.05, 4.69) is 22.2 Å². The molecule has 126 valence electrons. The average Bonchev–Trinajstić information content (AvgIpc) is 3.13. The van der Waals surface area contributed by atoms with Crippen LogP contribution in [0.3, 0.4) is 0 Å². The molecule has 0 atom stereocenters. The van der Waals surface area contributed by atoms with Crippen molar-refractivity contribution < 1.29 is 13.9 Å². The van der Waals surface area contributed by atoms with Crippen molar-refractivity contribution in [1.82, 2.24) is 5.32 Å². The Hall–Kier alpha value is -2.20. The average molecular weight is 327 g/mol. The summed E-state index contributed by atoms with van der Waals surface area (Å²) >= 11 is 0. The minimum Gasteiger partial charge on any atom is -0.465 e. The molecule has 0 bridgehead atoms. The molecule has 3 nitrogen and oxygen atoms in total. The van der Waals surface area contributed by atoms with E-state index in [0.29, 0.717) is 6.04 Å². The summed E-state index contributed by atoms with van der Waals surface area (Å²) in [5.74, 6) is -1.22. The van der Waals surface area contributed by atoms with Crippen LogP contribution in [0.4, 0.5) is 4.39 Å². The minimum atomic E-state index is -0.660. The van der Waals surface area contributed by atoms with Gasteiger partial charge in [0, 0.05) is 12.6 Å². The van der Waals surface area contributed by atoms with Crippen molar-refractivity contribution in [2.45, 2.75) is 38.3 Å². The van der Waals surface area contributed by atoms with E-state index in [1.54, 1.807) is 6.07 Å². The summed E-state index contributed by atoms with van der Waals surface area (Å²) in [6, 6.07) is 13.3. The SMILES string of the molecule is COC(=O)c1ccc(-c2ccc(CNC3CCCC3)cc2)cc1F. The molecule has 1 aliphatic rings. The highest BCUT2D eigenvalue weighted by Gasteiger charge is 2.14. The Morgan fingerprint density at radius 1 is 1.12 bits per heavy atom. The quantitative estimate of drug-likeness (QED) is 0.832. The van der Waals surface area contributed by atoms with Gasteiger partial charge >= 0.3 is 5.97 Å². The summed E-state index contributed by atoms with van der Waals surface area (Å²) in [6.07, 6.45) is 5.18. The maximum Gasteiger partial charge on any atom is 0.340 e. The van der Waals surface area contributed by atoms with E-state index in [9.17, 15) is 9.18 Å². The van der Waals surface area contributed by atoms with Gasteiger partial charge in [-0.2, -0.15) is 0 Å². The number of ether oxygens (including phenoxy) is 1. The van der Waals surface area contributed by atoms with Crippen molar-refractivity contribution in [3.05, 3.63) is 59.4 Å². The molecule has 24 heavy (non-hydrogen) atoms. The second-order valence-electron chi connectivity index (χ2n) is 6.25. The monoisotopic (exact) mass is 327 g/mol. The van der Waals surface area contributed by atoms with Crippen LogP contribution in [0.15, 0.2) is 42.5 Å². The zero-order chi connectivity index (χ0) is 16.9. The maximum atomic E-state index is 14.0. The molecule has 1 saturated carbocycles. The zero-order valence-corrected chi connectivity index (χ0v) is 13.8. The van der Waals surface area contributed by atoms with E-state index in [1.807, 2.05) is 12.1 Å². The van der Waals surface area contributed by atoms with E-state index < -0.39 is 11.8 Å². The van der Waals surface area contributed by atoms with Crippen LogP contribution in [0.25, 0.3) is 11.1 Å². The first kappa shape index (κ1) is 16.7. The molecule has 0 spiro atoms. The molecule has 4 heteroatoms. The minimum absolute atomic E-state index is 0.0429. The Bertz CT molecular complexity index is 706. The number of carbonyl (C=O) groups excluding carboxylic acids is 1. The predicted octanol–water partition coefficient (Wildman–Crippen LogP) is 4.31. The van der Waals surface area contributed by atoms with Gasteiger partial charge in [-0.15, -0.1) is 0 Å². The first-order valence-corrected chi connectivity index (χ1v) is 8.38. The van der Waals surface area contributed by atoms with Crippen molar-refractivity contribution >= 4 is 5.97 Å². The number of nitrogens with one attached hydrogen (secondary N) is 1. The van der Waals surface area contributed by atoms with Crippen molar-refractivity contribution in [1.29, 1.82) is 0 Å². The summed E-state index contributed by atoms with van der Waals surface area (Å²) in [4.78, 5) is 11.4. The van der Waals surface area contributed by atoms with Gasteiger partial charge in [-0.05, 0) is 41.7 Å². The Morgan fingerprint density at radius 3 is 2.42 bits per heavy atom. The highest BCUT2D eigenvalue weighted by Crippen LogP contribution is 2.23. The normalized spacial score (nSPS) is 14.8. The Balaban J connectivity index is 1.68. The number of hydrogen-bond donors (Lipinski definition) is 1. The van der Waals surface area contributed by atoms with Crippen LogP contribution in [0.5, 0.6) is 0 Å². The first-order chi connectivity index (χ1) is 11.7. The van der Waals surface area contributed by atoms with Gasteiger partial charge < -0.3 is 10.1 Å². The van der Waals surface area contributed by atoms with Crippen molar-refractivity contribution in [3.63, 3.8) is 0 Å². The highest BCUT2D eigenvalue weighted by molar-refractivity contribution is 5.90. The Morgan fingerprint density at radius 2 is 1.79 bits per heavy atom. The molecule has 2 aromatic carbocycles. The van der Waals surface area contributed by atoms with Crippen LogP contribution in [0.2, 0.25) is 0 Å². The summed E-state index contributed by atoms with van der Waals surface area (Å²) in [7, 11) is 1.24. The maximum absolute atomic E-state index is 14.0. The summed E-state index contributed by atoms with van der Waals surface area (Å²) < 4.78 is 18.6. The van der Waals surface area contributed by atoms with Crippen LogP contribution >= 0.6 is 0 Å². The van der Waals surface area contributed by atoms with E-state index >= 15 is 0 Å². The summed E-state index contributed by atoms with van der Waals surface area (Å²) in [5.41, 5.74) is 2.85. The lowest BCUT2D eigenvalue weighted by molar-refractivity contribution is 0.0595. The van der Waals surface area contributed by atoms with E-state index in [-0.39, 0.29) is 5.56 Å². The number of halogens is 1. The third-order valence-electron chi connectivity index (χ3n) is 4.61. The fourth-order valence-corrected chi connectivity index (χ4v) is 3.18. The van der Waals surface area contributed by atoms with Gasteiger partial charge in [-0.1, -0.05) is 43.2 Å².